The smallest absolute Gasteiger partial charge is 0.234 e. The molecule has 0 aromatic heterocycles. The summed E-state index contributed by atoms with van der Waals surface area (Å²) >= 11 is 0. The fourth-order valence-electron chi connectivity index (χ4n) is 1.59. The van der Waals surface area contributed by atoms with Crippen LogP contribution in [-0.4, -0.2) is 13.0 Å². The number of ether oxygens (including phenoxy) is 1. The van der Waals surface area contributed by atoms with E-state index in [1.807, 2.05) is 12.1 Å². The van der Waals surface area contributed by atoms with Gasteiger partial charge in [-0.25, -0.2) is 5.84 Å². The van der Waals surface area contributed by atoms with Crippen LogP contribution in [0.2, 0.25) is 0 Å². The van der Waals surface area contributed by atoms with Crippen molar-refractivity contribution in [2.75, 3.05) is 7.11 Å². The van der Waals surface area contributed by atoms with Gasteiger partial charge in [0.25, 0.3) is 0 Å². The number of hydrogen-bond donors (Lipinski definition) is 2. The maximum absolute atomic E-state index is 11.0. The number of carbonyl (C=O) groups excluding carboxylic acids is 1. The summed E-state index contributed by atoms with van der Waals surface area (Å²) in [6, 6.07) is 5.99. The first-order valence-corrected chi connectivity index (χ1v) is 5.36. The van der Waals surface area contributed by atoms with E-state index in [1.165, 1.54) is 0 Å². The van der Waals surface area contributed by atoms with Gasteiger partial charge in [0.2, 0.25) is 5.91 Å². The van der Waals surface area contributed by atoms with Gasteiger partial charge in [0.1, 0.15) is 5.75 Å². The Bertz CT molecular complexity index is 364. The van der Waals surface area contributed by atoms with Crippen LogP contribution in [0, 0.1) is 0 Å². The average molecular weight is 222 g/mol. The van der Waals surface area contributed by atoms with Crippen LogP contribution in [0.5, 0.6) is 5.75 Å². The van der Waals surface area contributed by atoms with E-state index in [9.17, 15) is 4.79 Å². The summed E-state index contributed by atoms with van der Waals surface area (Å²) < 4.78 is 5.24. The van der Waals surface area contributed by atoms with Crippen molar-refractivity contribution in [2.45, 2.75) is 26.2 Å². The molecule has 1 rings (SSSR count). The molecule has 0 spiro atoms. The number of rotatable bonds is 5. The first-order chi connectivity index (χ1) is 7.71. The van der Waals surface area contributed by atoms with Crippen LogP contribution >= 0.6 is 0 Å². The molecule has 3 N–H and O–H groups in total. The van der Waals surface area contributed by atoms with Crippen LogP contribution < -0.4 is 16.0 Å². The quantitative estimate of drug-likeness (QED) is 0.446. The number of nitrogens with two attached hydrogens (primary N) is 1. The Hall–Kier alpha value is -1.55. The Morgan fingerprint density at radius 2 is 2.25 bits per heavy atom. The van der Waals surface area contributed by atoms with E-state index < -0.39 is 0 Å². The maximum atomic E-state index is 11.0. The summed E-state index contributed by atoms with van der Waals surface area (Å²) in [7, 11) is 1.66. The molecule has 0 heterocycles. The summed E-state index contributed by atoms with van der Waals surface area (Å²) in [5.41, 5.74) is 4.41. The van der Waals surface area contributed by atoms with Crippen molar-refractivity contribution >= 4 is 5.91 Å². The largest absolute Gasteiger partial charge is 0.496 e. The Labute approximate surface area is 95.8 Å². The van der Waals surface area contributed by atoms with Crippen molar-refractivity contribution in [3.05, 3.63) is 29.3 Å². The zero-order valence-electron chi connectivity index (χ0n) is 9.75. The molecular weight excluding hydrogens is 204 g/mol. The van der Waals surface area contributed by atoms with E-state index in [1.54, 1.807) is 7.11 Å². The highest BCUT2D eigenvalue weighted by molar-refractivity contribution is 5.75. The van der Waals surface area contributed by atoms with Crippen molar-refractivity contribution in [1.29, 1.82) is 0 Å². The van der Waals surface area contributed by atoms with Gasteiger partial charge in [-0.3, -0.25) is 10.2 Å². The lowest BCUT2D eigenvalue weighted by Crippen LogP contribution is -2.30. The number of methoxy groups -OCH3 is 1. The predicted molar refractivity (Wildman–Crippen MR) is 63.0 cm³/mol. The van der Waals surface area contributed by atoms with Gasteiger partial charge in [0.15, 0.2) is 0 Å². The fourth-order valence-corrected chi connectivity index (χ4v) is 1.59. The molecule has 0 aliphatic rings. The van der Waals surface area contributed by atoms with Crippen LogP contribution in [-0.2, 0) is 17.6 Å². The highest BCUT2D eigenvalue weighted by atomic mass is 16.5. The zero-order chi connectivity index (χ0) is 12.0. The first-order valence-electron chi connectivity index (χ1n) is 5.36. The Morgan fingerprint density at radius 1 is 1.50 bits per heavy atom. The molecule has 0 aliphatic carbocycles. The third-order valence-corrected chi connectivity index (χ3v) is 2.53. The van der Waals surface area contributed by atoms with E-state index >= 15 is 0 Å². The lowest BCUT2D eigenvalue weighted by molar-refractivity contribution is -0.121. The number of benzene rings is 1. The van der Waals surface area contributed by atoms with Crippen LogP contribution in [0.1, 0.15) is 24.5 Å². The van der Waals surface area contributed by atoms with Gasteiger partial charge in [0.05, 0.1) is 7.11 Å². The lowest BCUT2D eigenvalue weighted by atomic mass is 10.0. The number of nitrogens with one attached hydrogen (secondary N) is 1. The van der Waals surface area contributed by atoms with Crippen molar-refractivity contribution in [2.24, 2.45) is 5.84 Å². The highest BCUT2D eigenvalue weighted by Gasteiger charge is 2.04. The Kier molecular flexibility index (Phi) is 4.79. The molecule has 0 saturated carbocycles. The molecule has 0 unspecified atom stereocenters. The minimum Gasteiger partial charge on any atom is -0.496 e. The number of carbonyl (C=O) groups is 1. The monoisotopic (exact) mass is 222 g/mol. The molecule has 16 heavy (non-hydrogen) atoms. The van der Waals surface area contributed by atoms with Crippen molar-refractivity contribution in [1.82, 2.24) is 5.43 Å². The summed E-state index contributed by atoms with van der Waals surface area (Å²) in [5.74, 6) is 5.77. The summed E-state index contributed by atoms with van der Waals surface area (Å²) in [5, 5.41) is 0. The van der Waals surface area contributed by atoms with Crippen LogP contribution in [0.4, 0.5) is 0 Å². The molecule has 0 bridgehead atoms. The second-order valence-electron chi connectivity index (χ2n) is 3.57. The second-order valence-corrected chi connectivity index (χ2v) is 3.57. The van der Waals surface area contributed by atoms with E-state index in [2.05, 4.69) is 18.4 Å². The second kappa shape index (κ2) is 6.12. The van der Waals surface area contributed by atoms with Gasteiger partial charge in [-0.2, -0.15) is 0 Å². The lowest BCUT2D eigenvalue weighted by Gasteiger charge is -2.08. The zero-order valence-corrected chi connectivity index (χ0v) is 9.75. The van der Waals surface area contributed by atoms with Crippen LogP contribution in [0.3, 0.4) is 0 Å². The fraction of sp³-hybridized carbons (Fsp3) is 0.417. The average Bonchev–Trinajstić information content (AvgIpc) is 2.35. The molecule has 1 amide bonds. The molecule has 0 fully saturated rings. The third kappa shape index (κ3) is 3.24. The van der Waals surface area contributed by atoms with Gasteiger partial charge >= 0.3 is 0 Å². The van der Waals surface area contributed by atoms with E-state index in [0.29, 0.717) is 12.8 Å². The molecule has 88 valence electrons. The van der Waals surface area contributed by atoms with Gasteiger partial charge in [-0.1, -0.05) is 19.1 Å². The SMILES string of the molecule is CCc1cc(CCC(=O)NN)ccc1OC. The molecule has 0 atom stereocenters. The van der Waals surface area contributed by atoms with Crippen LogP contribution in [0.25, 0.3) is 0 Å². The van der Waals surface area contributed by atoms with Gasteiger partial charge < -0.3 is 4.74 Å². The van der Waals surface area contributed by atoms with Gasteiger partial charge in [-0.05, 0) is 30.0 Å². The van der Waals surface area contributed by atoms with Gasteiger partial charge in [-0.15, -0.1) is 0 Å². The molecule has 0 radical (unpaired) electrons. The number of aryl methyl sites for hydroxylation is 2. The van der Waals surface area contributed by atoms with E-state index in [0.717, 1.165) is 23.3 Å². The molecule has 4 heteroatoms. The van der Waals surface area contributed by atoms with E-state index in [-0.39, 0.29) is 5.91 Å². The summed E-state index contributed by atoms with van der Waals surface area (Å²) in [6.07, 6.45) is 2.02. The number of hydrazine groups is 1. The minimum absolute atomic E-state index is 0.145. The van der Waals surface area contributed by atoms with Gasteiger partial charge in [0, 0.05) is 6.42 Å². The van der Waals surface area contributed by atoms with Crippen molar-refractivity contribution < 1.29 is 9.53 Å². The summed E-state index contributed by atoms with van der Waals surface area (Å²) in [6.45, 7) is 2.08. The van der Waals surface area contributed by atoms with Crippen molar-refractivity contribution in [3.63, 3.8) is 0 Å². The normalized spacial score (nSPS) is 9.94. The Balaban J connectivity index is 2.71. The standard InChI is InChI=1S/C12H18N2O2/c1-3-10-8-9(4-6-11(10)16-2)5-7-12(15)14-13/h4,6,8H,3,5,7,13H2,1-2H3,(H,14,15). The van der Waals surface area contributed by atoms with E-state index in [4.69, 9.17) is 10.6 Å². The maximum Gasteiger partial charge on any atom is 0.234 e. The highest BCUT2D eigenvalue weighted by Crippen LogP contribution is 2.20. The topological polar surface area (TPSA) is 64.4 Å². The molecule has 0 saturated heterocycles. The number of amides is 1. The minimum atomic E-state index is -0.145. The molecular formula is C12H18N2O2. The molecule has 0 aliphatic heterocycles. The molecule has 1 aromatic carbocycles. The molecule has 1 aromatic rings. The number of hydrogen-bond acceptors (Lipinski definition) is 3. The van der Waals surface area contributed by atoms with Crippen LogP contribution in [0.15, 0.2) is 18.2 Å². The summed E-state index contributed by atoms with van der Waals surface area (Å²) in [4.78, 5) is 11.0. The first kappa shape index (κ1) is 12.5. The van der Waals surface area contributed by atoms with Crippen molar-refractivity contribution in [3.8, 4) is 5.75 Å². The molecule has 4 nitrogen and oxygen atoms in total. The third-order valence-electron chi connectivity index (χ3n) is 2.53. The Morgan fingerprint density at radius 3 is 2.81 bits per heavy atom. The predicted octanol–water partition coefficient (Wildman–Crippen LogP) is 1.18.